The molecule has 4 saturated carbocycles. The van der Waals surface area contributed by atoms with Crippen molar-refractivity contribution >= 4 is 22.9 Å². The second-order valence-electron chi connectivity index (χ2n) is 14.7. The van der Waals surface area contributed by atoms with Crippen molar-refractivity contribution in [1.29, 1.82) is 0 Å². The first kappa shape index (κ1) is 24.6. The lowest BCUT2D eigenvalue weighted by molar-refractivity contribution is -0.274. The van der Waals surface area contributed by atoms with Gasteiger partial charge in [0.1, 0.15) is 0 Å². The van der Waals surface area contributed by atoms with Gasteiger partial charge in [0.15, 0.2) is 17.4 Å². The Bertz CT molecular complexity index is 986. The zero-order valence-electron chi connectivity index (χ0n) is 22.9. The highest BCUT2D eigenvalue weighted by Crippen LogP contribution is 2.72. The van der Waals surface area contributed by atoms with Crippen molar-refractivity contribution in [3.63, 3.8) is 0 Å². The van der Waals surface area contributed by atoms with Crippen LogP contribution in [0, 0.1) is 52.3 Å². The van der Waals surface area contributed by atoms with E-state index in [0.29, 0.717) is 46.8 Å². The van der Waals surface area contributed by atoms with Crippen molar-refractivity contribution in [2.75, 3.05) is 6.61 Å². The van der Waals surface area contributed by atoms with Crippen molar-refractivity contribution in [3.05, 3.63) is 0 Å². The Morgan fingerprint density at radius 3 is 2.36 bits per heavy atom. The van der Waals surface area contributed by atoms with E-state index in [0.717, 1.165) is 25.9 Å². The van der Waals surface area contributed by atoms with Gasteiger partial charge in [-0.05, 0) is 86.4 Å². The monoisotopic (exact) mass is 516 g/mol. The molecular formula is C30H44O5S. The minimum Gasteiger partial charge on any atom is -0.349 e. The van der Waals surface area contributed by atoms with E-state index < -0.39 is 5.79 Å². The molecule has 0 aromatic rings. The molecule has 7 aliphatic rings. The Morgan fingerprint density at radius 1 is 0.889 bits per heavy atom. The molecule has 0 amide bonds. The Labute approximate surface area is 221 Å². The third kappa shape index (κ3) is 3.08. The standard InChI is InChI=1S/C30H44O5S/c1-15-7-10-30(32-14-15)16(2)24-21(33-30)12-18-23-17(8-9-28(18,24)5)29(6)13-22(36)20(31)11-19(29)25-26(23)35-27(3,4)34-25/h15-19,21,23-26H,7-14H2,1-6H3/t15?,16-,17-,18-,19+,21-,23+,24-,25+,26+,28-,29+,30+/m0/s1. The number of Topliss-reactive ketones (excluding diaryl/α,β-unsaturated/α-hetero) is 1. The molecule has 1 unspecified atom stereocenters. The van der Waals surface area contributed by atoms with E-state index in [1.54, 1.807) is 0 Å². The van der Waals surface area contributed by atoms with Crippen molar-refractivity contribution in [3.8, 4) is 0 Å². The van der Waals surface area contributed by atoms with Crippen LogP contribution in [0.3, 0.4) is 0 Å². The SMILES string of the molecule is CC1CC[C@@]2(OC1)O[C@H]1C[C@H]3[C@@H]4[C@H]5OC(C)(C)O[C@@H]5[C@H]5CC(=O)C(=S)C[C@]5(C)[C@H]4CC[C@]3(C)[C@H]1[C@@H]2C. The lowest BCUT2D eigenvalue weighted by Gasteiger charge is -2.62. The largest absolute Gasteiger partial charge is 0.349 e. The van der Waals surface area contributed by atoms with Crippen molar-refractivity contribution in [1.82, 2.24) is 0 Å². The molecule has 0 aromatic heterocycles. The Hall–Kier alpha value is -0.400. The van der Waals surface area contributed by atoms with Gasteiger partial charge in [0, 0.05) is 24.7 Å². The summed E-state index contributed by atoms with van der Waals surface area (Å²) in [6.45, 7) is 14.6. The van der Waals surface area contributed by atoms with Gasteiger partial charge in [-0.2, -0.15) is 0 Å². The quantitative estimate of drug-likeness (QED) is 0.384. The van der Waals surface area contributed by atoms with Gasteiger partial charge in [-0.3, -0.25) is 4.79 Å². The predicted octanol–water partition coefficient (Wildman–Crippen LogP) is 5.72. The lowest BCUT2D eigenvalue weighted by Crippen LogP contribution is -2.64. The van der Waals surface area contributed by atoms with Crippen LogP contribution in [0.5, 0.6) is 0 Å². The smallest absolute Gasteiger partial charge is 0.171 e. The van der Waals surface area contributed by atoms with Crippen LogP contribution in [0.2, 0.25) is 0 Å². The summed E-state index contributed by atoms with van der Waals surface area (Å²) in [6, 6.07) is 0. The number of ketones is 1. The molecule has 7 fully saturated rings. The summed E-state index contributed by atoms with van der Waals surface area (Å²) in [4.78, 5) is 13.5. The van der Waals surface area contributed by atoms with Gasteiger partial charge in [-0.1, -0.05) is 39.9 Å². The Kier molecular flexibility index (Phi) is 5.21. The highest BCUT2D eigenvalue weighted by atomic mass is 32.1. The van der Waals surface area contributed by atoms with Crippen LogP contribution in [0.25, 0.3) is 0 Å². The molecule has 3 heterocycles. The molecule has 36 heavy (non-hydrogen) atoms. The molecule has 0 N–H and O–H groups in total. The molecule has 3 saturated heterocycles. The van der Waals surface area contributed by atoms with Crippen LogP contribution >= 0.6 is 12.2 Å². The van der Waals surface area contributed by atoms with E-state index in [-0.39, 0.29) is 46.6 Å². The van der Waals surface area contributed by atoms with E-state index in [1.807, 2.05) is 0 Å². The molecule has 7 rings (SSSR count). The molecule has 0 radical (unpaired) electrons. The van der Waals surface area contributed by atoms with E-state index in [1.165, 1.54) is 19.3 Å². The number of carbonyl (C=O) groups excluding carboxylic acids is 1. The third-order valence-electron chi connectivity index (χ3n) is 12.5. The summed E-state index contributed by atoms with van der Waals surface area (Å²) in [5.74, 6) is 2.33. The van der Waals surface area contributed by atoms with Crippen molar-refractivity contribution in [2.45, 2.75) is 116 Å². The first-order chi connectivity index (χ1) is 16.9. The fraction of sp³-hybridized carbons (Fsp3) is 0.933. The van der Waals surface area contributed by atoms with Gasteiger partial charge >= 0.3 is 0 Å². The summed E-state index contributed by atoms with van der Waals surface area (Å²) in [6.07, 6.45) is 7.22. The van der Waals surface area contributed by atoms with Crippen LogP contribution in [0.4, 0.5) is 0 Å². The first-order valence-electron chi connectivity index (χ1n) is 14.6. The van der Waals surface area contributed by atoms with E-state index >= 15 is 0 Å². The Balaban J connectivity index is 1.25. The molecule has 0 bridgehead atoms. The summed E-state index contributed by atoms with van der Waals surface area (Å²) in [7, 11) is 0. The Morgan fingerprint density at radius 2 is 1.64 bits per heavy atom. The minimum atomic E-state index is -0.616. The predicted molar refractivity (Wildman–Crippen MR) is 139 cm³/mol. The van der Waals surface area contributed by atoms with E-state index in [9.17, 15) is 4.79 Å². The molecule has 6 heteroatoms. The number of thiocarbonyl (C=S) groups is 1. The highest BCUT2D eigenvalue weighted by Gasteiger charge is 2.73. The first-order valence-corrected chi connectivity index (χ1v) is 15.0. The highest BCUT2D eigenvalue weighted by molar-refractivity contribution is 7.82. The molecule has 200 valence electrons. The average molecular weight is 517 g/mol. The van der Waals surface area contributed by atoms with Crippen LogP contribution < -0.4 is 0 Å². The topological polar surface area (TPSA) is 54.0 Å². The number of hydrogen-bond acceptors (Lipinski definition) is 6. The fourth-order valence-corrected chi connectivity index (χ4v) is 11.3. The van der Waals surface area contributed by atoms with Crippen LogP contribution in [0.15, 0.2) is 0 Å². The molecule has 5 nitrogen and oxygen atoms in total. The summed E-state index contributed by atoms with van der Waals surface area (Å²) >= 11 is 5.64. The number of rotatable bonds is 0. The lowest BCUT2D eigenvalue weighted by atomic mass is 9.43. The summed E-state index contributed by atoms with van der Waals surface area (Å²) in [5, 5.41) is 0. The average Bonchev–Trinajstić information content (AvgIpc) is 3.38. The van der Waals surface area contributed by atoms with Gasteiger partial charge in [0.25, 0.3) is 0 Å². The summed E-state index contributed by atoms with van der Waals surface area (Å²) < 4.78 is 26.9. The second kappa shape index (κ2) is 7.62. The number of fused-ring (bicyclic) bond motifs is 10. The van der Waals surface area contributed by atoms with Gasteiger partial charge in [0.05, 0.1) is 29.8 Å². The van der Waals surface area contributed by atoms with Crippen LogP contribution in [-0.2, 0) is 23.7 Å². The van der Waals surface area contributed by atoms with Crippen LogP contribution in [-0.4, -0.2) is 47.1 Å². The molecular weight excluding hydrogens is 472 g/mol. The van der Waals surface area contributed by atoms with Gasteiger partial charge in [-0.25, -0.2) is 0 Å². The maximum absolute atomic E-state index is 12.8. The van der Waals surface area contributed by atoms with Gasteiger partial charge in [-0.15, -0.1) is 0 Å². The van der Waals surface area contributed by atoms with Crippen molar-refractivity contribution in [2.24, 2.45) is 52.3 Å². The van der Waals surface area contributed by atoms with Crippen LogP contribution in [0.1, 0.15) is 86.5 Å². The third-order valence-corrected chi connectivity index (χ3v) is 12.9. The second-order valence-corrected chi connectivity index (χ2v) is 15.2. The summed E-state index contributed by atoms with van der Waals surface area (Å²) in [5.41, 5.74) is 0.200. The maximum Gasteiger partial charge on any atom is 0.171 e. The molecule has 13 atom stereocenters. The fourth-order valence-electron chi connectivity index (χ4n) is 10.9. The maximum atomic E-state index is 12.8. The number of ether oxygens (including phenoxy) is 4. The van der Waals surface area contributed by atoms with Gasteiger partial charge in [0.2, 0.25) is 0 Å². The zero-order valence-corrected chi connectivity index (χ0v) is 23.7. The normalized spacial score (nSPS) is 59.3. The van der Waals surface area contributed by atoms with E-state index in [4.69, 9.17) is 31.2 Å². The van der Waals surface area contributed by atoms with Gasteiger partial charge < -0.3 is 18.9 Å². The zero-order chi connectivity index (χ0) is 25.4. The number of hydrogen-bond donors (Lipinski definition) is 0. The molecule has 1 spiro atoms. The molecule has 4 aliphatic carbocycles. The van der Waals surface area contributed by atoms with E-state index in [2.05, 4.69) is 41.5 Å². The van der Waals surface area contributed by atoms with Crippen molar-refractivity contribution < 1.29 is 23.7 Å². The number of carbonyl (C=O) groups is 1. The molecule has 0 aromatic carbocycles. The minimum absolute atomic E-state index is 0.00402. The molecule has 3 aliphatic heterocycles.